The minimum Gasteiger partial charge on any atom is -0.356 e. The molecule has 2 fully saturated rings. The average Bonchev–Trinajstić information content (AvgIpc) is 2.65. The number of piperazine rings is 1. The number of aliphatic imine (C=N–C) groups is 1. The Kier molecular flexibility index (Phi) is 9.51. The molecule has 0 aromatic heterocycles. The molecular formula is C19H39N5. The molecule has 5 heteroatoms. The van der Waals surface area contributed by atoms with Gasteiger partial charge in [-0.15, -0.1) is 0 Å². The molecule has 0 atom stereocenters. The van der Waals surface area contributed by atoms with E-state index in [1.54, 1.807) is 0 Å². The highest BCUT2D eigenvalue weighted by Crippen LogP contribution is 2.26. The Balaban J connectivity index is 1.49. The molecule has 1 saturated heterocycles. The zero-order chi connectivity index (χ0) is 17.0. The van der Waals surface area contributed by atoms with Crippen molar-refractivity contribution < 1.29 is 0 Å². The van der Waals surface area contributed by atoms with Crippen LogP contribution < -0.4 is 10.6 Å². The van der Waals surface area contributed by atoms with Gasteiger partial charge in [0.1, 0.15) is 0 Å². The normalized spacial score (nSPS) is 21.8. The Morgan fingerprint density at radius 2 is 1.62 bits per heavy atom. The molecule has 1 aliphatic heterocycles. The molecule has 1 aliphatic carbocycles. The summed E-state index contributed by atoms with van der Waals surface area (Å²) in [5, 5.41) is 6.94. The van der Waals surface area contributed by atoms with Crippen molar-refractivity contribution in [3.63, 3.8) is 0 Å². The highest BCUT2D eigenvalue weighted by atomic mass is 15.3. The maximum atomic E-state index is 4.35. The lowest BCUT2D eigenvalue weighted by atomic mass is 9.86. The number of rotatable bonds is 8. The summed E-state index contributed by atoms with van der Waals surface area (Å²) in [5.41, 5.74) is 0. The van der Waals surface area contributed by atoms with Gasteiger partial charge < -0.3 is 15.5 Å². The van der Waals surface area contributed by atoms with Crippen LogP contribution in [0.2, 0.25) is 0 Å². The maximum absolute atomic E-state index is 4.35. The molecule has 0 bridgehead atoms. The topological polar surface area (TPSA) is 42.9 Å². The van der Waals surface area contributed by atoms with E-state index in [1.165, 1.54) is 77.7 Å². The monoisotopic (exact) mass is 337 g/mol. The summed E-state index contributed by atoms with van der Waals surface area (Å²) >= 11 is 0. The van der Waals surface area contributed by atoms with Crippen LogP contribution in [-0.4, -0.2) is 75.2 Å². The van der Waals surface area contributed by atoms with Gasteiger partial charge in [-0.2, -0.15) is 0 Å². The smallest absolute Gasteiger partial charge is 0.191 e. The Bertz CT molecular complexity index is 344. The summed E-state index contributed by atoms with van der Waals surface area (Å²) in [6, 6.07) is 0. The van der Waals surface area contributed by atoms with Gasteiger partial charge in [0.15, 0.2) is 5.96 Å². The number of nitrogens with one attached hydrogen (secondary N) is 2. The van der Waals surface area contributed by atoms with Gasteiger partial charge in [0.25, 0.3) is 0 Å². The Hall–Kier alpha value is -0.810. The van der Waals surface area contributed by atoms with E-state index in [0.717, 1.165) is 31.5 Å². The van der Waals surface area contributed by atoms with Crippen LogP contribution in [0, 0.1) is 5.92 Å². The fourth-order valence-electron chi connectivity index (χ4n) is 3.96. The molecule has 2 aliphatic rings. The van der Waals surface area contributed by atoms with Gasteiger partial charge in [0, 0.05) is 52.9 Å². The predicted molar refractivity (Wildman–Crippen MR) is 104 cm³/mol. The SMILES string of the molecule is CCN1CCN(CCNC(=NC)NCCCC2CCCCC2)CC1. The van der Waals surface area contributed by atoms with Crippen molar-refractivity contribution in [3.05, 3.63) is 0 Å². The van der Waals surface area contributed by atoms with Crippen LogP contribution in [-0.2, 0) is 0 Å². The summed E-state index contributed by atoms with van der Waals surface area (Å²) in [6.45, 7) is 11.4. The second-order valence-electron chi connectivity index (χ2n) is 7.35. The molecule has 0 spiro atoms. The van der Waals surface area contributed by atoms with Crippen molar-refractivity contribution in [1.29, 1.82) is 0 Å². The maximum Gasteiger partial charge on any atom is 0.191 e. The standard InChI is InChI=1S/C19H39N5/c1-3-23-14-16-24(17-15-23)13-12-22-19(20-2)21-11-7-10-18-8-5-4-6-9-18/h18H,3-17H2,1-2H3,(H2,20,21,22). The summed E-state index contributed by atoms with van der Waals surface area (Å²) in [5.74, 6) is 1.95. The van der Waals surface area contributed by atoms with E-state index in [-0.39, 0.29) is 0 Å². The molecule has 0 unspecified atom stereocenters. The third kappa shape index (κ3) is 7.39. The zero-order valence-corrected chi connectivity index (χ0v) is 16.0. The van der Waals surface area contributed by atoms with E-state index >= 15 is 0 Å². The van der Waals surface area contributed by atoms with Crippen LogP contribution in [0.1, 0.15) is 51.9 Å². The lowest BCUT2D eigenvalue weighted by Crippen LogP contribution is -2.49. The molecule has 1 saturated carbocycles. The summed E-state index contributed by atoms with van der Waals surface area (Å²) in [6.07, 6.45) is 9.92. The molecule has 140 valence electrons. The second-order valence-corrected chi connectivity index (χ2v) is 7.35. The van der Waals surface area contributed by atoms with Crippen LogP contribution in [0.3, 0.4) is 0 Å². The molecule has 2 rings (SSSR count). The molecule has 24 heavy (non-hydrogen) atoms. The Morgan fingerprint density at radius 1 is 0.958 bits per heavy atom. The van der Waals surface area contributed by atoms with Crippen molar-refractivity contribution in [2.45, 2.75) is 51.9 Å². The van der Waals surface area contributed by atoms with E-state index in [4.69, 9.17) is 0 Å². The number of likely N-dealkylation sites (N-methyl/N-ethyl adjacent to an activating group) is 1. The zero-order valence-electron chi connectivity index (χ0n) is 16.0. The third-order valence-corrected chi connectivity index (χ3v) is 5.66. The number of hydrogen-bond acceptors (Lipinski definition) is 3. The van der Waals surface area contributed by atoms with Gasteiger partial charge >= 0.3 is 0 Å². The molecule has 5 nitrogen and oxygen atoms in total. The first-order valence-corrected chi connectivity index (χ1v) is 10.2. The lowest BCUT2D eigenvalue weighted by molar-refractivity contribution is 0.139. The summed E-state index contributed by atoms with van der Waals surface area (Å²) in [4.78, 5) is 9.42. The Morgan fingerprint density at radius 3 is 2.29 bits per heavy atom. The van der Waals surface area contributed by atoms with Crippen molar-refractivity contribution >= 4 is 5.96 Å². The highest BCUT2D eigenvalue weighted by molar-refractivity contribution is 5.79. The van der Waals surface area contributed by atoms with Crippen LogP contribution in [0.15, 0.2) is 4.99 Å². The molecule has 0 amide bonds. The summed E-state index contributed by atoms with van der Waals surface area (Å²) < 4.78 is 0. The molecule has 0 aromatic rings. The van der Waals surface area contributed by atoms with Crippen molar-refractivity contribution in [2.75, 3.05) is 59.4 Å². The van der Waals surface area contributed by atoms with E-state index < -0.39 is 0 Å². The summed E-state index contributed by atoms with van der Waals surface area (Å²) in [7, 11) is 1.87. The first-order chi connectivity index (χ1) is 11.8. The van der Waals surface area contributed by atoms with E-state index in [1.807, 2.05) is 7.05 Å². The fourth-order valence-corrected chi connectivity index (χ4v) is 3.96. The number of nitrogens with zero attached hydrogens (tertiary/aromatic N) is 3. The first-order valence-electron chi connectivity index (χ1n) is 10.2. The van der Waals surface area contributed by atoms with Gasteiger partial charge in [-0.1, -0.05) is 39.0 Å². The second kappa shape index (κ2) is 11.7. The minimum atomic E-state index is 0.964. The van der Waals surface area contributed by atoms with Gasteiger partial charge in [-0.05, 0) is 25.3 Å². The minimum absolute atomic E-state index is 0.964. The van der Waals surface area contributed by atoms with Crippen LogP contribution in [0.4, 0.5) is 0 Å². The lowest BCUT2D eigenvalue weighted by Gasteiger charge is -2.34. The largest absolute Gasteiger partial charge is 0.356 e. The van der Waals surface area contributed by atoms with Crippen molar-refractivity contribution in [1.82, 2.24) is 20.4 Å². The molecule has 1 heterocycles. The molecule has 0 radical (unpaired) electrons. The quantitative estimate of drug-likeness (QED) is 0.405. The van der Waals surface area contributed by atoms with E-state index in [9.17, 15) is 0 Å². The average molecular weight is 338 g/mol. The van der Waals surface area contributed by atoms with Crippen molar-refractivity contribution in [2.24, 2.45) is 10.9 Å². The number of hydrogen-bond donors (Lipinski definition) is 2. The van der Waals surface area contributed by atoms with Gasteiger partial charge in [0.05, 0.1) is 0 Å². The Labute approximate surface area is 149 Å². The molecule has 0 aromatic carbocycles. The van der Waals surface area contributed by atoms with Gasteiger partial charge in [0.2, 0.25) is 0 Å². The van der Waals surface area contributed by atoms with Crippen molar-refractivity contribution in [3.8, 4) is 0 Å². The van der Waals surface area contributed by atoms with E-state index in [0.29, 0.717) is 0 Å². The van der Waals surface area contributed by atoms with Gasteiger partial charge in [-0.25, -0.2) is 0 Å². The van der Waals surface area contributed by atoms with Crippen LogP contribution in [0.25, 0.3) is 0 Å². The van der Waals surface area contributed by atoms with Crippen LogP contribution >= 0.6 is 0 Å². The highest BCUT2D eigenvalue weighted by Gasteiger charge is 2.15. The molecule has 2 N–H and O–H groups in total. The van der Waals surface area contributed by atoms with E-state index in [2.05, 4.69) is 32.3 Å². The number of guanidine groups is 1. The van der Waals surface area contributed by atoms with Crippen LogP contribution in [0.5, 0.6) is 0 Å². The molecular weight excluding hydrogens is 298 g/mol. The third-order valence-electron chi connectivity index (χ3n) is 5.66. The predicted octanol–water partition coefficient (Wildman–Crippen LogP) is 2.15. The first kappa shape index (κ1) is 19.5. The van der Waals surface area contributed by atoms with Gasteiger partial charge in [-0.3, -0.25) is 9.89 Å². The fraction of sp³-hybridized carbons (Fsp3) is 0.947.